The second-order valence-electron chi connectivity index (χ2n) is 2.31. The number of hydrogen-bond acceptors (Lipinski definition) is 0. The fourth-order valence-electron chi connectivity index (χ4n) is 0.836. The highest BCUT2D eigenvalue weighted by Gasteiger charge is 2.22. The molecule has 0 heterocycles. The van der Waals surface area contributed by atoms with E-state index < -0.39 is 0 Å². The highest BCUT2D eigenvalue weighted by molar-refractivity contribution is 5.22. The summed E-state index contributed by atoms with van der Waals surface area (Å²) in [5.74, 6) is 0.184. The smallest absolute Gasteiger partial charge is 0.0622 e. The molecule has 1 aromatic rings. The number of benzene rings is 1. The predicted octanol–water partition coefficient (Wildman–Crippen LogP) is 2.56. The van der Waals surface area contributed by atoms with Crippen molar-refractivity contribution in [3.05, 3.63) is 35.8 Å². The van der Waals surface area contributed by atoms with Crippen LogP contribution in [0.2, 0.25) is 0 Å². The van der Waals surface area contributed by atoms with Crippen LogP contribution in [-0.4, -0.2) is 0 Å². The molecule has 0 bridgehead atoms. The van der Waals surface area contributed by atoms with Crippen LogP contribution < -0.4 is 0 Å². The molecule has 1 aliphatic carbocycles. The Balaban J connectivity index is 2.69. The number of rotatable bonds is 1. The molecule has 1 aliphatic rings. The second kappa shape index (κ2) is 1.87. The highest BCUT2D eigenvalue weighted by Crippen LogP contribution is 2.39. The van der Waals surface area contributed by atoms with Crippen molar-refractivity contribution in [2.75, 3.05) is 0 Å². The molecule has 2 rings (SSSR count). The van der Waals surface area contributed by atoms with Crippen LogP contribution in [0.5, 0.6) is 0 Å². The molecule has 0 nitrogen and oxygen atoms in total. The average molecular weight is 123 g/mol. The van der Waals surface area contributed by atoms with E-state index in [9.17, 15) is 0 Å². The Labute approximate surface area is 62.5 Å². The van der Waals surface area contributed by atoms with Gasteiger partial charge in [0, 0.05) is 0 Å². The summed E-state index contributed by atoms with van der Waals surface area (Å²) in [6.45, 7) is 0. The third kappa shape index (κ3) is 0.973. The molecule has 0 atom stereocenters. The molecule has 0 N–H and O–H groups in total. The van der Waals surface area contributed by atoms with Crippen LogP contribution in [0.25, 0.3) is 0 Å². The quantitative estimate of drug-likeness (QED) is 0.538. The van der Waals surface area contributed by atoms with E-state index in [0.29, 0.717) is 5.56 Å². The summed E-state index contributed by atoms with van der Waals surface area (Å²) in [6, 6.07) is -0.790. The van der Waals surface area contributed by atoms with Gasteiger partial charge in [0.25, 0.3) is 0 Å². The predicted molar refractivity (Wildman–Crippen MR) is 38.4 cm³/mol. The van der Waals surface area contributed by atoms with E-state index in [1.54, 1.807) is 0 Å². The van der Waals surface area contributed by atoms with E-state index in [2.05, 4.69) is 0 Å². The Morgan fingerprint density at radius 1 is 1.22 bits per heavy atom. The molecule has 0 amide bonds. The first kappa shape index (κ1) is 2.12. The molecule has 1 fully saturated rings. The van der Waals surface area contributed by atoms with Crippen molar-refractivity contribution in [3.8, 4) is 0 Å². The Bertz CT molecular complexity index is 366. The lowest BCUT2D eigenvalue weighted by atomic mass is 10.1. The zero-order valence-electron chi connectivity index (χ0n) is 9.99. The maximum Gasteiger partial charge on any atom is 0.0626 e. The molecule has 1 saturated carbocycles. The first-order valence-electron chi connectivity index (χ1n) is 5.61. The van der Waals surface area contributed by atoms with Crippen LogP contribution >= 0.6 is 0 Å². The zero-order chi connectivity index (χ0) is 10.5. The Morgan fingerprint density at radius 2 is 1.89 bits per heavy atom. The SMILES string of the molecule is [2H]c1c([2H])c([2H])c(C2CC2)c([2H])c1[2H]. The molecular weight excluding hydrogens is 108 g/mol. The second-order valence-corrected chi connectivity index (χ2v) is 2.31. The maximum atomic E-state index is 7.63. The first-order chi connectivity index (χ1) is 6.54. The van der Waals surface area contributed by atoms with Crippen LogP contribution in [0.4, 0.5) is 0 Å². The van der Waals surface area contributed by atoms with Crippen molar-refractivity contribution in [1.29, 1.82) is 0 Å². The van der Waals surface area contributed by atoms with Crippen molar-refractivity contribution < 1.29 is 6.85 Å². The normalized spacial score (nSPS) is 25.6. The van der Waals surface area contributed by atoms with Gasteiger partial charge < -0.3 is 0 Å². The van der Waals surface area contributed by atoms with Gasteiger partial charge in [0.05, 0.1) is 6.85 Å². The molecule has 46 valence electrons. The minimum Gasteiger partial charge on any atom is -0.0622 e. The Morgan fingerprint density at radius 3 is 2.44 bits per heavy atom. The summed E-state index contributed by atoms with van der Waals surface area (Å²) in [6.07, 6.45) is 1.88. The van der Waals surface area contributed by atoms with Gasteiger partial charge in [0.2, 0.25) is 0 Å². The summed E-state index contributed by atoms with van der Waals surface area (Å²) in [5, 5.41) is 0. The minimum absolute atomic E-state index is 0.0292. The lowest BCUT2D eigenvalue weighted by molar-refractivity contribution is 1.13. The van der Waals surface area contributed by atoms with Crippen molar-refractivity contribution in [1.82, 2.24) is 0 Å². The third-order valence-corrected chi connectivity index (χ3v) is 1.50. The maximum absolute atomic E-state index is 7.63. The summed E-state index contributed by atoms with van der Waals surface area (Å²) in [5.41, 5.74) is 0.496. The monoisotopic (exact) mass is 123 g/mol. The van der Waals surface area contributed by atoms with Gasteiger partial charge in [-0.1, -0.05) is 30.2 Å². The van der Waals surface area contributed by atoms with Crippen molar-refractivity contribution >= 4 is 0 Å². The lowest BCUT2D eigenvalue weighted by Gasteiger charge is -1.92. The molecule has 0 saturated heterocycles. The van der Waals surface area contributed by atoms with E-state index in [1.165, 1.54) is 0 Å². The van der Waals surface area contributed by atoms with Crippen molar-refractivity contribution in [3.63, 3.8) is 0 Å². The molecule has 9 heavy (non-hydrogen) atoms. The highest BCUT2D eigenvalue weighted by atomic mass is 14.3. The lowest BCUT2D eigenvalue weighted by Crippen LogP contribution is -1.73. The van der Waals surface area contributed by atoms with Crippen LogP contribution in [-0.2, 0) is 0 Å². The average Bonchev–Trinajstić information content (AvgIpc) is 2.96. The van der Waals surface area contributed by atoms with Gasteiger partial charge in [-0.25, -0.2) is 0 Å². The fraction of sp³-hybridized carbons (Fsp3) is 0.333. The van der Waals surface area contributed by atoms with Gasteiger partial charge in [0.1, 0.15) is 0 Å². The van der Waals surface area contributed by atoms with Crippen molar-refractivity contribution in [2.24, 2.45) is 0 Å². The van der Waals surface area contributed by atoms with E-state index in [0.717, 1.165) is 12.8 Å². The van der Waals surface area contributed by atoms with Crippen LogP contribution in [0.3, 0.4) is 0 Å². The fourth-order valence-corrected chi connectivity index (χ4v) is 0.836. The van der Waals surface area contributed by atoms with Gasteiger partial charge in [-0.2, -0.15) is 0 Å². The standard InChI is InChI=1S/C9H10/c1-2-4-8(5-3-1)9-6-7-9/h1-5,9H,6-7H2/i1D,2D,3D,4D,5D. The van der Waals surface area contributed by atoms with Gasteiger partial charge in [-0.05, 0) is 24.3 Å². The van der Waals surface area contributed by atoms with Crippen LogP contribution in [0.15, 0.2) is 30.2 Å². The van der Waals surface area contributed by atoms with E-state index in [1.807, 2.05) is 0 Å². The van der Waals surface area contributed by atoms with Gasteiger partial charge >= 0.3 is 0 Å². The largest absolute Gasteiger partial charge is 0.0626 e. The van der Waals surface area contributed by atoms with Crippen LogP contribution in [0.1, 0.15) is 31.2 Å². The topological polar surface area (TPSA) is 0 Å². The molecule has 0 aromatic heterocycles. The van der Waals surface area contributed by atoms with Crippen molar-refractivity contribution in [2.45, 2.75) is 18.8 Å². The molecule has 0 aliphatic heterocycles. The summed E-state index contributed by atoms with van der Waals surface area (Å²) in [4.78, 5) is 0. The Hall–Kier alpha value is -0.780. The van der Waals surface area contributed by atoms with Gasteiger partial charge in [-0.15, -0.1) is 0 Å². The number of hydrogen-bond donors (Lipinski definition) is 0. The first-order valence-corrected chi connectivity index (χ1v) is 3.11. The van der Waals surface area contributed by atoms with Crippen LogP contribution in [0, 0.1) is 0 Å². The minimum atomic E-state index is -0.301. The zero-order valence-corrected chi connectivity index (χ0v) is 4.99. The molecule has 1 aromatic carbocycles. The molecular formula is C9H10. The van der Waals surface area contributed by atoms with E-state index in [-0.39, 0.29) is 36.1 Å². The molecule has 0 spiro atoms. The molecule has 0 radical (unpaired) electrons. The Kier molecular flexibility index (Phi) is 0.440. The summed E-state index contributed by atoms with van der Waals surface area (Å²) >= 11 is 0. The van der Waals surface area contributed by atoms with E-state index in [4.69, 9.17) is 6.85 Å². The summed E-state index contributed by atoms with van der Waals surface area (Å²) in [7, 11) is 0. The third-order valence-electron chi connectivity index (χ3n) is 1.50. The van der Waals surface area contributed by atoms with Gasteiger partial charge in [-0.3, -0.25) is 0 Å². The van der Waals surface area contributed by atoms with Gasteiger partial charge in [0.15, 0.2) is 0 Å². The summed E-state index contributed by atoms with van der Waals surface area (Å²) < 4.78 is 37.6. The molecule has 0 unspecified atom stereocenters. The molecule has 0 heteroatoms. The van der Waals surface area contributed by atoms with E-state index >= 15 is 0 Å².